The fraction of sp³-hybridized carbons (Fsp3) is 0.471. The third kappa shape index (κ3) is 4.55. The molecule has 0 radical (unpaired) electrons. The first-order valence-corrected chi connectivity index (χ1v) is 7.57. The Morgan fingerprint density at radius 3 is 2.48 bits per heavy atom. The van der Waals surface area contributed by atoms with Crippen LogP contribution in [0.5, 0.6) is 0 Å². The van der Waals surface area contributed by atoms with E-state index >= 15 is 0 Å². The molecule has 1 aromatic carbocycles. The summed E-state index contributed by atoms with van der Waals surface area (Å²) in [6, 6.07) is 9.41. The van der Waals surface area contributed by atoms with Crippen molar-refractivity contribution < 1.29 is 23.9 Å². The number of ether oxygens (including phenoxy) is 2. The minimum Gasteiger partial charge on any atom is -0.469 e. The van der Waals surface area contributed by atoms with Gasteiger partial charge in [-0.25, -0.2) is 4.79 Å². The highest BCUT2D eigenvalue weighted by Crippen LogP contribution is 2.21. The monoisotopic (exact) mass is 319 g/mol. The predicted octanol–water partition coefficient (Wildman–Crippen LogP) is 2.02. The normalized spacial score (nSPS) is 15.5. The van der Waals surface area contributed by atoms with Crippen molar-refractivity contribution in [3.05, 3.63) is 35.9 Å². The molecule has 6 nitrogen and oxygen atoms in total. The summed E-state index contributed by atoms with van der Waals surface area (Å²) in [6.45, 7) is 2.57. The molecule has 1 aliphatic heterocycles. The molecule has 6 heteroatoms. The highest BCUT2D eigenvalue weighted by molar-refractivity contribution is 5.88. The smallest absolute Gasteiger partial charge is 0.410 e. The van der Waals surface area contributed by atoms with E-state index in [1.165, 1.54) is 12.0 Å². The number of rotatable bonds is 6. The summed E-state index contributed by atoms with van der Waals surface area (Å²) in [5.74, 6) is -1.08. The molecule has 1 fully saturated rings. The van der Waals surface area contributed by atoms with Crippen molar-refractivity contribution in [3.8, 4) is 0 Å². The number of hydrogen-bond donors (Lipinski definition) is 0. The van der Waals surface area contributed by atoms with Crippen LogP contribution in [0.4, 0.5) is 4.79 Å². The van der Waals surface area contributed by atoms with Gasteiger partial charge in [0.15, 0.2) is 0 Å². The van der Waals surface area contributed by atoms with E-state index < -0.39 is 18.0 Å². The average molecular weight is 319 g/mol. The molecule has 2 rings (SSSR count). The topological polar surface area (TPSA) is 72.9 Å². The molecule has 0 bridgehead atoms. The van der Waals surface area contributed by atoms with Crippen molar-refractivity contribution in [3.63, 3.8) is 0 Å². The summed E-state index contributed by atoms with van der Waals surface area (Å²) in [5.41, 5.74) is 0.918. The van der Waals surface area contributed by atoms with Crippen LogP contribution in [-0.4, -0.2) is 42.9 Å². The Kier molecular flexibility index (Phi) is 5.73. The number of ketones is 1. The van der Waals surface area contributed by atoms with Crippen LogP contribution in [0.3, 0.4) is 0 Å². The second-order valence-electron chi connectivity index (χ2n) is 5.74. The molecule has 0 spiro atoms. The van der Waals surface area contributed by atoms with Crippen molar-refractivity contribution in [2.24, 2.45) is 11.8 Å². The molecule has 1 aromatic rings. The van der Waals surface area contributed by atoms with Crippen LogP contribution in [0.15, 0.2) is 30.3 Å². The first kappa shape index (κ1) is 17.0. The largest absolute Gasteiger partial charge is 0.469 e. The van der Waals surface area contributed by atoms with Crippen molar-refractivity contribution in [2.45, 2.75) is 20.0 Å². The molecular weight excluding hydrogens is 298 g/mol. The van der Waals surface area contributed by atoms with Crippen molar-refractivity contribution in [1.29, 1.82) is 0 Å². The summed E-state index contributed by atoms with van der Waals surface area (Å²) in [7, 11) is 1.30. The highest BCUT2D eigenvalue weighted by Gasteiger charge is 2.37. The lowest BCUT2D eigenvalue weighted by atomic mass is 9.90. The van der Waals surface area contributed by atoms with Gasteiger partial charge in [0.25, 0.3) is 0 Å². The summed E-state index contributed by atoms with van der Waals surface area (Å²) in [4.78, 5) is 36.7. The fourth-order valence-corrected chi connectivity index (χ4v) is 2.39. The minimum absolute atomic E-state index is 0.0185. The number of esters is 1. The summed E-state index contributed by atoms with van der Waals surface area (Å²) >= 11 is 0. The highest BCUT2D eigenvalue weighted by atomic mass is 16.6. The molecule has 0 aromatic heterocycles. The van der Waals surface area contributed by atoms with Crippen LogP contribution in [0.2, 0.25) is 0 Å². The molecule has 0 N–H and O–H groups in total. The summed E-state index contributed by atoms with van der Waals surface area (Å²) in [5, 5.41) is 0. The molecule has 1 heterocycles. The van der Waals surface area contributed by atoms with Crippen LogP contribution in [0, 0.1) is 11.8 Å². The Balaban J connectivity index is 1.70. The molecule has 124 valence electrons. The Bertz CT molecular complexity index is 566. The number of Topliss-reactive ketones (excluding diaryl/α,β-unsaturated/α-hetero) is 1. The lowest BCUT2D eigenvalue weighted by Crippen LogP contribution is -2.53. The van der Waals surface area contributed by atoms with E-state index in [0.29, 0.717) is 13.1 Å². The van der Waals surface area contributed by atoms with Gasteiger partial charge in [0, 0.05) is 19.5 Å². The van der Waals surface area contributed by atoms with Gasteiger partial charge < -0.3 is 14.4 Å². The Morgan fingerprint density at radius 2 is 1.87 bits per heavy atom. The predicted molar refractivity (Wildman–Crippen MR) is 82.5 cm³/mol. The first-order valence-electron chi connectivity index (χ1n) is 7.57. The third-order valence-corrected chi connectivity index (χ3v) is 3.91. The van der Waals surface area contributed by atoms with Gasteiger partial charge in [-0.1, -0.05) is 37.3 Å². The number of nitrogens with zero attached hydrogens (tertiary/aromatic N) is 1. The molecule has 23 heavy (non-hydrogen) atoms. The standard InChI is InChI=1S/C17H21NO5/c1-12(16(20)22-2)8-15(19)14-9-18(10-14)17(21)23-11-13-6-4-3-5-7-13/h3-7,12,14H,8-11H2,1-2H3. The molecule has 1 saturated heterocycles. The van der Waals surface area contributed by atoms with Crippen LogP contribution in [0.1, 0.15) is 18.9 Å². The summed E-state index contributed by atoms with van der Waals surface area (Å²) < 4.78 is 9.80. The van der Waals surface area contributed by atoms with E-state index in [2.05, 4.69) is 4.74 Å². The molecule has 0 aliphatic carbocycles. The van der Waals surface area contributed by atoms with Gasteiger partial charge in [0.2, 0.25) is 0 Å². The van der Waals surface area contributed by atoms with Crippen LogP contribution >= 0.6 is 0 Å². The SMILES string of the molecule is COC(=O)C(C)CC(=O)C1CN(C(=O)OCc2ccccc2)C1. The Morgan fingerprint density at radius 1 is 1.22 bits per heavy atom. The van der Waals surface area contributed by atoms with Crippen molar-refractivity contribution in [1.82, 2.24) is 4.90 Å². The molecule has 1 aliphatic rings. The number of methoxy groups -OCH3 is 1. The zero-order chi connectivity index (χ0) is 16.8. The van der Waals surface area contributed by atoms with E-state index in [0.717, 1.165) is 5.56 Å². The lowest BCUT2D eigenvalue weighted by molar-refractivity contribution is -0.147. The maximum atomic E-state index is 12.0. The van der Waals surface area contributed by atoms with Gasteiger partial charge in [0.1, 0.15) is 12.4 Å². The number of carbonyl (C=O) groups excluding carboxylic acids is 3. The molecule has 1 amide bonds. The zero-order valence-corrected chi connectivity index (χ0v) is 13.4. The minimum atomic E-state index is -0.452. The maximum Gasteiger partial charge on any atom is 0.410 e. The molecule has 1 atom stereocenters. The maximum absolute atomic E-state index is 12.0. The van der Waals surface area contributed by atoms with Crippen molar-refractivity contribution in [2.75, 3.05) is 20.2 Å². The molecule has 1 unspecified atom stereocenters. The first-order chi connectivity index (χ1) is 11.0. The third-order valence-electron chi connectivity index (χ3n) is 3.91. The summed E-state index contributed by atoms with van der Waals surface area (Å²) in [6.07, 6.45) is -0.275. The van der Waals surface area contributed by atoms with Crippen molar-refractivity contribution >= 4 is 17.8 Å². The number of amides is 1. The van der Waals surface area contributed by atoms with E-state index in [-0.39, 0.29) is 24.7 Å². The van der Waals surface area contributed by atoms with E-state index in [1.807, 2.05) is 30.3 Å². The number of hydrogen-bond acceptors (Lipinski definition) is 5. The van der Waals surface area contributed by atoms with Crippen LogP contribution in [-0.2, 0) is 25.7 Å². The van der Waals surface area contributed by atoms with Gasteiger partial charge in [0.05, 0.1) is 18.9 Å². The van der Waals surface area contributed by atoms with Crippen LogP contribution < -0.4 is 0 Å². The van der Waals surface area contributed by atoms with Gasteiger partial charge >= 0.3 is 12.1 Å². The van der Waals surface area contributed by atoms with Gasteiger partial charge in [-0.3, -0.25) is 9.59 Å². The quantitative estimate of drug-likeness (QED) is 0.750. The van der Waals surface area contributed by atoms with Crippen LogP contribution in [0.25, 0.3) is 0 Å². The molecule has 0 saturated carbocycles. The van der Waals surface area contributed by atoms with Gasteiger partial charge in [-0.15, -0.1) is 0 Å². The number of carbonyl (C=O) groups is 3. The number of benzene rings is 1. The second kappa shape index (κ2) is 7.76. The van der Waals surface area contributed by atoms with Gasteiger partial charge in [-0.2, -0.15) is 0 Å². The Labute approximate surface area is 135 Å². The fourth-order valence-electron chi connectivity index (χ4n) is 2.39. The second-order valence-corrected chi connectivity index (χ2v) is 5.74. The molecular formula is C17H21NO5. The van der Waals surface area contributed by atoms with E-state index in [4.69, 9.17) is 4.74 Å². The Hall–Kier alpha value is -2.37. The van der Waals surface area contributed by atoms with Gasteiger partial charge in [-0.05, 0) is 5.56 Å². The van der Waals surface area contributed by atoms with E-state index in [1.54, 1.807) is 6.92 Å². The lowest BCUT2D eigenvalue weighted by Gasteiger charge is -2.37. The average Bonchev–Trinajstić information content (AvgIpc) is 2.51. The van der Waals surface area contributed by atoms with E-state index in [9.17, 15) is 14.4 Å². The number of likely N-dealkylation sites (tertiary alicyclic amines) is 1. The zero-order valence-electron chi connectivity index (χ0n) is 13.4.